The third kappa shape index (κ3) is 2.71. The molecule has 126 valence electrons. The lowest BCUT2D eigenvalue weighted by Gasteiger charge is -2.35. The zero-order valence-corrected chi connectivity index (χ0v) is 16.6. The molecule has 1 fully saturated rings. The number of nitrogens with zero attached hydrogens (tertiary/aromatic N) is 4. The average Bonchev–Trinajstić information content (AvgIpc) is 2.91. The van der Waals surface area contributed by atoms with Crippen molar-refractivity contribution < 1.29 is 0 Å². The van der Waals surface area contributed by atoms with Crippen LogP contribution in [0.4, 0.5) is 0 Å². The molecule has 4 nitrogen and oxygen atoms in total. The topological polar surface area (TPSA) is 34.0 Å². The van der Waals surface area contributed by atoms with Crippen LogP contribution in [-0.4, -0.2) is 38.6 Å². The third-order valence-electron chi connectivity index (χ3n) is 5.25. The molecule has 1 saturated heterocycles. The van der Waals surface area contributed by atoms with E-state index in [0.29, 0.717) is 12.1 Å². The van der Waals surface area contributed by atoms with E-state index in [0.717, 1.165) is 16.9 Å². The maximum atomic E-state index is 4.81. The van der Waals surface area contributed by atoms with Crippen LogP contribution in [0.3, 0.4) is 0 Å². The van der Waals surface area contributed by atoms with Crippen LogP contribution in [-0.2, 0) is 0 Å². The van der Waals surface area contributed by atoms with Gasteiger partial charge in [0.2, 0.25) is 0 Å². The van der Waals surface area contributed by atoms with Crippen molar-refractivity contribution in [1.29, 1.82) is 0 Å². The maximum absolute atomic E-state index is 4.81. The van der Waals surface area contributed by atoms with E-state index in [1.807, 2.05) is 6.20 Å². The molecular weight excluding hydrogens is 411 g/mol. The number of hydrogen-bond donors (Lipinski definition) is 0. The number of piperidine rings is 1. The van der Waals surface area contributed by atoms with Crippen molar-refractivity contribution in [3.8, 4) is 0 Å². The molecule has 5 heteroatoms. The van der Waals surface area contributed by atoms with Gasteiger partial charge in [0.15, 0.2) is 0 Å². The number of aryl methyl sites for hydroxylation is 1. The van der Waals surface area contributed by atoms with E-state index in [1.54, 1.807) is 0 Å². The van der Waals surface area contributed by atoms with Crippen molar-refractivity contribution in [3.63, 3.8) is 0 Å². The molecule has 0 saturated carbocycles. The first kappa shape index (κ1) is 16.3. The van der Waals surface area contributed by atoms with Gasteiger partial charge in [0.1, 0.15) is 11.3 Å². The van der Waals surface area contributed by atoms with E-state index in [2.05, 4.69) is 76.0 Å². The van der Waals surface area contributed by atoms with Gasteiger partial charge >= 0.3 is 0 Å². The van der Waals surface area contributed by atoms with Gasteiger partial charge in [-0.15, -0.1) is 0 Å². The Bertz CT molecular complexity index is 891. The van der Waals surface area contributed by atoms with Gasteiger partial charge in [-0.05, 0) is 74.4 Å². The standard InChI is InChI=1S/C19H23IN4/c1-12(2)23-8-6-15(7-9-23)24-13(3)22-18-11-21-17-5-4-14(20)10-16(17)19(18)24/h4-5,10-12,15H,6-9H2,1-3H3. The Labute approximate surface area is 156 Å². The van der Waals surface area contributed by atoms with E-state index in [1.165, 1.54) is 40.4 Å². The zero-order valence-electron chi connectivity index (χ0n) is 14.5. The molecule has 3 heterocycles. The van der Waals surface area contributed by atoms with E-state index in [-0.39, 0.29) is 0 Å². The van der Waals surface area contributed by atoms with Crippen LogP contribution >= 0.6 is 22.6 Å². The van der Waals surface area contributed by atoms with Gasteiger partial charge in [0.25, 0.3) is 0 Å². The summed E-state index contributed by atoms with van der Waals surface area (Å²) in [7, 11) is 0. The fourth-order valence-electron chi connectivity index (χ4n) is 3.97. The number of aromatic nitrogens is 3. The van der Waals surface area contributed by atoms with E-state index in [9.17, 15) is 0 Å². The van der Waals surface area contributed by atoms with Gasteiger partial charge in [0.05, 0.1) is 17.2 Å². The number of likely N-dealkylation sites (tertiary alicyclic amines) is 1. The highest BCUT2D eigenvalue weighted by Crippen LogP contribution is 2.33. The summed E-state index contributed by atoms with van der Waals surface area (Å²) in [6.45, 7) is 9.05. The largest absolute Gasteiger partial charge is 0.324 e. The van der Waals surface area contributed by atoms with Crippen LogP contribution in [0.2, 0.25) is 0 Å². The summed E-state index contributed by atoms with van der Waals surface area (Å²) in [6, 6.07) is 7.65. The summed E-state index contributed by atoms with van der Waals surface area (Å²) in [5.41, 5.74) is 3.34. The molecule has 0 atom stereocenters. The fraction of sp³-hybridized carbons (Fsp3) is 0.474. The van der Waals surface area contributed by atoms with Crippen LogP contribution in [0.1, 0.15) is 38.6 Å². The molecule has 0 N–H and O–H groups in total. The predicted molar refractivity (Wildman–Crippen MR) is 107 cm³/mol. The summed E-state index contributed by atoms with van der Waals surface area (Å²) in [5, 5.41) is 1.23. The normalized spacial score (nSPS) is 17.4. The van der Waals surface area contributed by atoms with Crippen LogP contribution in [0, 0.1) is 10.5 Å². The first-order chi connectivity index (χ1) is 11.5. The number of hydrogen-bond acceptors (Lipinski definition) is 3. The molecule has 0 amide bonds. The number of pyridine rings is 1. The smallest absolute Gasteiger partial charge is 0.108 e. The summed E-state index contributed by atoms with van der Waals surface area (Å²) in [4.78, 5) is 12.0. The lowest BCUT2D eigenvalue weighted by molar-refractivity contribution is 0.152. The summed E-state index contributed by atoms with van der Waals surface area (Å²) >= 11 is 2.38. The van der Waals surface area contributed by atoms with Crippen LogP contribution < -0.4 is 0 Å². The van der Waals surface area contributed by atoms with Gasteiger partial charge < -0.3 is 9.47 Å². The second-order valence-electron chi connectivity index (χ2n) is 7.04. The summed E-state index contributed by atoms with van der Waals surface area (Å²) in [6.07, 6.45) is 4.31. The van der Waals surface area contributed by atoms with Gasteiger partial charge in [0, 0.05) is 34.1 Å². The van der Waals surface area contributed by atoms with E-state index < -0.39 is 0 Å². The van der Waals surface area contributed by atoms with Crippen molar-refractivity contribution in [2.24, 2.45) is 0 Å². The predicted octanol–water partition coefficient (Wildman–Crippen LogP) is 4.54. The number of rotatable bonds is 2. The van der Waals surface area contributed by atoms with Gasteiger partial charge in [-0.1, -0.05) is 0 Å². The molecule has 1 aliphatic rings. The molecule has 24 heavy (non-hydrogen) atoms. The zero-order chi connectivity index (χ0) is 16.8. The summed E-state index contributed by atoms with van der Waals surface area (Å²) in [5.74, 6) is 1.11. The highest BCUT2D eigenvalue weighted by Gasteiger charge is 2.25. The Morgan fingerprint density at radius 1 is 1.17 bits per heavy atom. The van der Waals surface area contributed by atoms with Crippen molar-refractivity contribution in [2.45, 2.75) is 45.7 Å². The highest BCUT2D eigenvalue weighted by atomic mass is 127. The van der Waals surface area contributed by atoms with E-state index in [4.69, 9.17) is 4.98 Å². The third-order valence-corrected chi connectivity index (χ3v) is 5.92. The molecule has 4 rings (SSSR count). The second kappa shape index (κ2) is 6.26. The van der Waals surface area contributed by atoms with Crippen molar-refractivity contribution in [2.75, 3.05) is 13.1 Å². The molecule has 1 aliphatic heterocycles. The Kier molecular flexibility index (Phi) is 4.24. The number of halogens is 1. The second-order valence-corrected chi connectivity index (χ2v) is 8.29. The minimum Gasteiger partial charge on any atom is -0.324 e. The minimum absolute atomic E-state index is 0.536. The molecule has 0 bridgehead atoms. The van der Waals surface area contributed by atoms with E-state index >= 15 is 0 Å². The van der Waals surface area contributed by atoms with Gasteiger partial charge in [-0.25, -0.2) is 4.98 Å². The first-order valence-corrected chi connectivity index (χ1v) is 9.79. The number of imidazole rings is 1. The molecule has 3 aromatic rings. The highest BCUT2D eigenvalue weighted by molar-refractivity contribution is 14.1. The number of fused-ring (bicyclic) bond motifs is 3. The van der Waals surface area contributed by atoms with Gasteiger partial charge in [-0.3, -0.25) is 4.98 Å². The SMILES string of the molecule is Cc1nc2cnc3ccc(I)cc3c2n1C1CCN(C(C)C)CC1. The molecule has 0 radical (unpaired) electrons. The van der Waals surface area contributed by atoms with Crippen LogP contribution in [0.25, 0.3) is 21.9 Å². The van der Waals surface area contributed by atoms with Gasteiger partial charge in [-0.2, -0.15) is 0 Å². The van der Waals surface area contributed by atoms with Crippen LogP contribution in [0.15, 0.2) is 24.4 Å². The Balaban J connectivity index is 1.83. The minimum atomic E-state index is 0.536. The molecular formula is C19H23IN4. The molecule has 0 aliphatic carbocycles. The van der Waals surface area contributed by atoms with Crippen LogP contribution in [0.5, 0.6) is 0 Å². The lowest BCUT2D eigenvalue weighted by Crippen LogP contribution is -2.39. The Hall–Kier alpha value is -1.21. The first-order valence-electron chi connectivity index (χ1n) is 8.71. The number of benzene rings is 1. The molecule has 1 aromatic carbocycles. The molecule has 0 unspecified atom stereocenters. The Morgan fingerprint density at radius 2 is 1.92 bits per heavy atom. The average molecular weight is 434 g/mol. The fourth-order valence-corrected chi connectivity index (χ4v) is 4.46. The van der Waals surface area contributed by atoms with Crippen molar-refractivity contribution in [3.05, 3.63) is 33.8 Å². The molecule has 2 aromatic heterocycles. The van der Waals surface area contributed by atoms with Crippen molar-refractivity contribution in [1.82, 2.24) is 19.4 Å². The Morgan fingerprint density at radius 3 is 2.62 bits per heavy atom. The quantitative estimate of drug-likeness (QED) is 0.556. The molecule has 0 spiro atoms. The summed E-state index contributed by atoms with van der Waals surface area (Å²) < 4.78 is 3.72. The lowest BCUT2D eigenvalue weighted by atomic mass is 10.0. The van der Waals surface area contributed by atoms with Crippen molar-refractivity contribution >= 4 is 44.5 Å². The maximum Gasteiger partial charge on any atom is 0.108 e. The monoisotopic (exact) mass is 434 g/mol.